The molecular formula is C43H59ClN4O3. The number of hydrogen-bond donors (Lipinski definition) is 2. The van der Waals surface area contributed by atoms with Gasteiger partial charge in [0.2, 0.25) is 0 Å². The number of hydrogen-bond acceptors (Lipinski definition) is 5. The monoisotopic (exact) mass is 714 g/mol. The first kappa shape index (κ1) is 39.9. The summed E-state index contributed by atoms with van der Waals surface area (Å²) in [6, 6.07) is 19.5. The Labute approximate surface area is 311 Å². The van der Waals surface area contributed by atoms with Crippen LogP contribution in [0, 0.1) is 13.8 Å². The van der Waals surface area contributed by atoms with Gasteiger partial charge in [0.15, 0.2) is 6.23 Å². The average molecular weight is 715 g/mol. The Morgan fingerprint density at radius 2 is 1.51 bits per heavy atom. The molecule has 2 amide bonds. The minimum atomic E-state index is -0.340. The second-order valence-corrected chi connectivity index (χ2v) is 14.5. The van der Waals surface area contributed by atoms with Gasteiger partial charge in [0.25, 0.3) is 11.8 Å². The number of halogens is 1. The minimum Gasteiger partial charge on any atom is -0.471 e. The predicted molar refractivity (Wildman–Crippen MR) is 213 cm³/mol. The zero-order chi connectivity index (χ0) is 36.4. The van der Waals surface area contributed by atoms with Gasteiger partial charge in [0, 0.05) is 17.7 Å². The summed E-state index contributed by atoms with van der Waals surface area (Å²) in [6.07, 6.45) is 20.2. The lowest BCUT2D eigenvalue weighted by Gasteiger charge is -2.22. The summed E-state index contributed by atoms with van der Waals surface area (Å²) in [7, 11) is 0. The summed E-state index contributed by atoms with van der Waals surface area (Å²) in [5, 5.41) is 12.4. The van der Waals surface area contributed by atoms with Gasteiger partial charge >= 0.3 is 0 Å². The zero-order valence-electron chi connectivity index (χ0n) is 31.4. The zero-order valence-corrected chi connectivity index (χ0v) is 32.1. The molecule has 0 saturated heterocycles. The lowest BCUT2D eigenvalue weighted by atomic mass is 10.0. The van der Waals surface area contributed by atoms with E-state index in [1.807, 2.05) is 38.1 Å². The molecule has 276 valence electrons. The number of aryl methyl sites for hydroxylation is 3. The van der Waals surface area contributed by atoms with Crippen molar-refractivity contribution in [3.8, 4) is 5.75 Å². The van der Waals surface area contributed by atoms with E-state index < -0.39 is 0 Å². The molecule has 4 rings (SSSR count). The van der Waals surface area contributed by atoms with Gasteiger partial charge in [-0.3, -0.25) is 9.59 Å². The van der Waals surface area contributed by atoms with E-state index in [1.54, 1.807) is 18.2 Å². The van der Waals surface area contributed by atoms with Gasteiger partial charge < -0.3 is 15.4 Å². The number of amides is 2. The lowest BCUT2D eigenvalue weighted by molar-refractivity contribution is -0.116. The Hall–Kier alpha value is -3.84. The van der Waals surface area contributed by atoms with Gasteiger partial charge in [-0.25, -0.2) is 0 Å². The molecule has 51 heavy (non-hydrogen) atoms. The van der Waals surface area contributed by atoms with Gasteiger partial charge in [-0.2, -0.15) is 10.1 Å². The number of hydrazone groups is 1. The van der Waals surface area contributed by atoms with Gasteiger partial charge in [0.05, 0.1) is 17.1 Å². The van der Waals surface area contributed by atoms with Crippen molar-refractivity contribution in [3.05, 3.63) is 87.9 Å². The first-order valence-corrected chi connectivity index (χ1v) is 19.8. The van der Waals surface area contributed by atoms with Gasteiger partial charge in [-0.05, 0) is 79.8 Å². The van der Waals surface area contributed by atoms with Gasteiger partial charge in [-0.1, -0.05) is 133 Å². The molecule has 7 nitrogen and oxygen atoms in total. The second-order valence-electron chi connectivity index (χ2n) is 14.1. The van der Waals surface area contributed by atoms with Gasteiger partial charge in [-0.15, -0.1) is 0 Å². The smallest absolute Gasteiger partial charge is 0.256 e. The number of unbranched alkanes of at least 4 members (excludes halogenated alkanes) is 12. The third-order valence-corrected chi connectivity index (χ3v) is 9.68. The van der Waals surface area contributed by atoms with Crippen LogP contribution in [0.3, 0.4) is 0 Å². The molecule has 2 N–H and O–H groups in total. The Kier molecular flexibility index (Phi) is 16.8. The normalized spacial score (nSPS) is 13.3. The number of ether oxygens (including phenoxy) is 1. The van der Waals surface area contributed by atoms with Crippen LogP contribution in [-0.2, 0) is 11.2 Å². The van der Waals surface area contributed by atoms with Crippen molar-refractivity contribution >= 4 is 40.6 Å². The van der Waals surface area contributed by atoms with Crippen molar-refractivity contribution in [2.75, 3.05) is 10.3 Å². The first-order valence-electron chi connectivity index (χ1n) is 19.4. The summed E-state index contributed by atoms with van der Waals surface area (Å²) < 4.78 is 6.43. The van der Waals surface area contributed by atoms with E-state index >= 15 is 0 Å². The van der Waals surface area contributed by atoms with E-state index in [0.717, 1.165) is 41.8 Å². The average Bonchev–Trinajstić information content (AvgIpc) is 3.45. The van der Waals surface area contributed by atoms with E-state index in [2.05, 4.69) is 47.8 Å². The van der Waals surface area contributed by atoms with Crippen LogP contribution in [0.1, 0.15) is 144 Å². The topological polar surface area (TPSA) is 83.0 Å². The highest BCUT2D eigenvalue weighted by Crippen LogP contribution is 2.33. The van der Waals surface area contributed by atoms with Crippen LogP contribution >= 0.6 is 11.6 Å². The largest absolute Gasteiger partial charge is 0.471 e. The second kappa shape index (κ2) is 21.5. The number of carbonyl (C=O) groups is 2. The molecule has 1 heterocycles. The van der Waals surface area contributed by atoms with Crippen molar-refractivity contribution < 1.29 is 14.3 Å². The van der Waals surface area contributed by atoms with Crippen molar-refractivity contribution in [3.63, 3.8) is 0 Å². The maximum atomic E-state index is 13.2. The van der Waals surface area contributed by atoms with E-state index in [-0.39, 0.29) is 30.3 Å². The molecule has 0 bridgehead atoms. The third-order valence-electron chi connectivity index (χ3n) is 9.39. The number of nitrogens with zero attached hydrogens (tertiary/aromatic N) is 2. The van der Waals surface area contributed by atoms with Crippen LogP contribution < -0.4 is 20.4 Å². The van der Waals surface area contributed by atoms with Crippen LogP contribution in [0.2, 0.25) is 5.02 Å². The molecule has 1 aliphatic rings. The standard InChI is InChI=1S/C43H59ClN4O3/c1-5-7-8-9-10-11-12-13-14-15-16-17-18-22-34-23-19-26-37(29-34)51-40(21-6-2)45-36-25-20-24-35(30-36)43(50)46-39-31-41(49)48(47-39)42-33(4)27-32(3)28-38(42)44/h19-20,23-30,40,45H,5-18,21-22,31H2,1-4H3,(H,46,47,50). The van der Waals surface area contributed by atoms with Crippen LogP contribution in [0.15, 0.2) is 65.8 Å². The maximum absolute atomic E-state index is 13.2. The van der Waals surface area contributed by atoms with Crippen molar-refractivity contribution in [1.29, 1.82) is 0 Å². The summed E-state index contributed by atoms with van der Waals surface area (Å²) in [5.41, 5.74) is 4.91. The molecule has 0 radical (unpaired) electrons. The number of nitrogens with one attached hydrogen (secondary N) is 2. The Morgan fingerprint density at radius 1 is 0.843 bits per heavy atom. The van der Waals surface area contributed by atoms with E-state index in [1.165, 1.54) is 94.0 Å². The number of amidine groups is 1. The molecule has 8 heteroatoms. The predicted octanol–water partition coefficient (Wildman–Crippen LogP) is 11.7. The Morgan fingerprint density at radius 3 is 2.18 bits per heavy atom. The van der Waals surface area contributed by atoms with Crippen molar-refractivity contribution in [2.45, 2.75) is 143 Å². The quantitative estimate of drug-likeness (QED) is 0.0801. The van der Waals surface area contributed by atoms with E-state index in [9.17, 15) is 9.59 Å². The highest BCUT2D eigenvalue weighted by molar-refractivity contribution is 6.34. The number of carbonyl (C=O) groups excluding carboxylic acids is 2. The fourth-order valence-electron chi connectivity index (χ4n) is 6.70. The van der Waals surface area contributed by atoms with Crippen LogP contribution in [0.5, 0.6) is 5.75 Å². The lowest BCUT2D eigenvalue weighted by Crippen LogP contribution is -2.30. The number of rotatable bonds is 22. The van der Waals surface area contributed by atoms with Crippen LogP contribution in [0.25, 0.3) is 0 Å². The van der Waals surface area contributed by atoms with E-state index in [0.29, 0.717) is 16.3 Å². The van der Waals surface area contributed by atoms with Crippen LogP contribution in [0.4, 0.5) is 11.4 Å². The summed E-state index contributed by atoms with van der Waals surface area (Å²) in [5.74, 6) is 0.542. The highest BCUT2D eigenvalue weighted by Gasteiger charge is 2.29. The van der Waals surface area contributed by atoms with Gasteiger partial charge in [0.1, 0.15) is 11.6 Å². The molecule has 3 aromatic carbocycles. The third kappa shape index (κ3) is 13.3. The molecule has 0 aromatic heterocycles. The number of anilines is 2. The molecule has 0 saturated carbocycles. The molecule has 0 aliphatic carbocycles. The summed E-state index contributed by atoms with van der Waals surface area (Å²) in [4.78, 5) is 26.1. The first-order chi connectivity index (χ1) is 24.8. The molecule has 0 fully saturated rings. The van der Waals surface area contributed by atoms with Crippen molar-refractivity contribution in [1.82, 2.24) is 5.32 Å². The molecule has 1 aliphatic heterocycles. The molecule has 1 atom stereocenters. The number of benzene rings is 3. The Bertz CT molecular complexity index is 1570. The maximum Gasteiger partial charge on any atom is 0.256 e. The fourth-order valence-corrected chi connectivity index (χ4v) is 7.10. The molecule has 1 unspecified atom stereocenters. The minimum absolute atomic E-state index is 0.0157. The van der Waals surface area contributed by atoms with Crippen molar-refractivity contribution in [2.24, 2.45) is 5.10 Å². The SMILES string of the molecule is CCCCCCCCCCCCCCCc1cccc(OC(CCC)Nc2cccc(C(=O)NC3=NN(c4c(C)cc(C)cc4Cl)C(=O)C3)c2)c1. The fraction of sp³-hybridized carbons (Fsp3) is 0.512. The van der Waals surface area contributed by atoms with Crippen LogP contribution in [-0.4, -0.2) is 23.9 Å². The summed E-state index contributed by atoms with van der Waals surface area (Å²) in [6.45, 7) is 8.24. The Balaban J connectivity index is 1.23. The molecule has 0 spiro atoms. The molecule has 3 aromatic rings. The molecular weight excluding hydrogens is 656 g/mol. The highest BCUT2D eigenvalue weighted by atomic mass is 35.5. The van der Waals surface area contributed by atoms with E-state index in [4.69, 9.17) is 16.3 Å². The summed E-state index contributed by atoms with van der Waals surface area (Å²) >= 11 is 6.46.